The van der Waals surface area contributed by atoms with Gasteiger partial charge in [-0.3, -0.25) is 14.4 Å². The number of ether oxygens (including phenoxy) is 1. The number of thiazole rings is 1. The Hall–Kier alpha value is -4.25. The standard InChI is InChI=1S/C42H55FN6O7S2/c1-26-35(58-25-45-26)28-10-11-29(20-44-37(51)33-19-31(50)23-49(33)38(52)36(41(2,3)4)47-39(53)42(43)14-15-42)34(18-28)56-17-13-27-21-48(22-27)16-12-30(46-40(54)55)24-57-32-8-6-5-7-9-32/h5-11,18,25,27,30-31,33,36,46,50H,12-17,19-24H2,1-4H3,(H,44,51)(H,47,53)(H,54,55)/t30-,31-,33+,36-/m1/s1. The van der Waals surface area contributed by atoms with Gasteiger partial charge in [0.2, 0.25) is 11.8 Å². The van der Waals surface area contributed by atoms with Crippen LogP contribution in [0.3, 0.4) is 0 Å². The summed E-state index contributed by atoms with van der Waals surface area (Å²) in [4.78, 5) is 61.9. The van der Waals surface area contributed by atoms with Crippen molar-refractivity contribution in [2.45, 2.75) is 101 Å². The van der Waals surface area contributed by atoms with Gasteiger partial charge in [0, 0.05) is 61.4 Å². The maximum absolute atomic E-state index is 14.6. The number of amides is 4. The van der Waals surface area contributed by atoms with Gasteiger partial charge >= 0.3 is 6.09 Å². The number of nitrogens with one attached hydrogen (secondary N) is 3. The highest BCUT2D eigenvalue weighted by Crippen LogP contribution is 2.40. The number of hydrogen-bond donors (Lipinski definition) is 5. The van der Waals surface area contributed by atoms with Crippen LogP contribution in [0.4, 0.5) is 9.18 Å². The Bertz CT molecular complexity index is 1920. The molecule has 4 atom stereocenters. The van der Waals surface area contributed by atoms with E-state index in [9.17, 15) is 33.8 Å². The predicted octanol–water partition coefficient (Wildman–Crippen LogP) is 5.25. The first-order chi connectivity index (χ1) is 27.6. The smallest absolute Gasteiger partial charge is 0.404 e. The molecule has 2 saturated heterocycles. The minimum atomic E-state index is -1.97. The van der Waals surface area contributed by atoms with E-state index in [-0.39, 0.29) is 38.4 Å². The van der Waals surface area contributed by atoms with Crippen LogP contribution >= 0.6 is 23.1 Å². The van der Waals surface area contributed by atoms with Crippen molar-refractivity contribution in [2.24, 2.45) is 11.3 Å². The number of rotatable bonds is 18. The largest absolute Gasteiger partial charge is 0.493 e. The molecular weight excluding hydrogens is 784 g/mol. The molecule has 2 aromatic carbocycles. The molecule has 314 valence electrons. The van der Waals surface area contributed by atoms with Crippen molar-refractivity contribution in [1.29, 1.82) is 0 Å². The number of carbonyl (C=O) groups excluding carboxylic acids is 3. The third kappa shape index (κ3) is 11.3. The Morgan fingerprint density at radius 3 is 2.48 bits per heavy atom. The number of alkyl halides is 1. The van der Waals surface area contributed by atoms with Gasteiger partial charge < -0.3 is 40.7 Å². The molecule has 3 heterocycles. The molecule has 1 aliphatic carbocycles. The molecule has 16 heteroatoms. The van der Waals surface area contributed by atoms with Crippen LogP contribution in [0.1, 0.15) is 64.1 Å². The van der Waals surface area contributed by atoms with Crippen LogP contribution < -0.4 is 20.7 Å². The Balaban J connectivity index is 1.04. The van der Waals surface area contributed by atoms with Gasteiger partial charge in [-0.15, -0.1) is 23.1 Å². The number of thioether (sulfide) groups is 1. The summed E-state index contributed by atoms with van der Waals surface area (Å²) in [5.41, 5.74) is 1.64. The lowest BCUT2D eigenvalue weighted by Crippen LogP contribution is -2.59. The van der Waals surface area contributed by atoms with E-state index in [0.29, 0.717) is 30.4 Å². The van der Waals surface area contributed by atoms with Gasteiger partial charge in [0.25, 0.3) is 5.91 Å². The second-order valence-corrected chi connectivity index (χ2v) is 18.7. The highest BCUT2D eigenvalue weighted by Gasteiger charge is 2.53. The highest BCUT2D eigenvalue weighted by atomic mass is 32.2. The van der Waals surface area contributed by atoms with Crippen molar-refractivity contribution in [3.8, 4) is 16.2 Å². The third-order valence-corrected chi connectivity index (χ3v) is 13.2. The molecule has 58 heavy (non-hydrogen) atoms. The summed E-state index contributed by atoms with van der Waals surface area (Å²) in [5, 5.41) is 28.2. The van der Waals surface area contributed by atoms with E-state index in [1.165, 1.54) is 16.2 Å². The molecule has 1 saturated carbocycles. The van der Waals surface area contributed by atoms with Crippen molar-refractivity contribution in [3.63, 3.8) is 0 Å². The lowest BCUT2D eigenvalue weighted by atomic mass is 9.85. The average molecular weight is 839 g/mol. The number of aryl methyl sites for hydroxylation is 1. The summed E-state index contributed by atoms with van der Waals surface area (Å²) in [7, 11) is 0. The zero-order chi connectivity index (χ0) is 41.6. The third-order valence-electron chi connectivity index (χ3n) is 11.0. The van der Waals surface area contributed by atoms with E-state index in [1.807, 2.05) is 55.5 Å². The number of hydrogen-bond acceptors (Lipinski definition) is 10. The molecule has 3 aromatic rings. The summed E-state index contributed by atoms with van der Waals surface area (Å²) in [6.45, 7) is 10.3. The maximum atomic E-state index is 14.6. The van der Waals surface area contributed by atoms with Crippen molar-refractivity contribution in [1.82, 2.24) is 30.7 Å². The van der Waals surface area contributed by atoms with Gasteiger partial charge in [0.1, 0.15) is 17.8 Å². The van der Waals surface area contributed by atoms with Crippen LogP contribution in [0, 0.1) is 18.3 Å². The zero-order valence-electron chi connectivity index (χ0n) is 33.5. The highest BCUT2D eigenvalue weighted by molar-refractivity contribution is 7.99. The van der Waals surface area contributed by atoms with E-state index >= 15 is 0 Å². The lowest BCUT2D eigenvalue weighted by molar-refractivity contribution is -0.145. The summed E-state index contributed by atoms with van der Waals surface area (Å²) in [5.74, 6) is -0.107. The van der Waals surface area contributed by atoms with Gasteiger partial charge in [0.15, 0.2) is 5.67 Å². The van der Waals surface area contributed by atoms with Crippen LogP contribution in [0.15, 0.2) is 58.9 Å². The first kappa shape index (κ1) is 43.3. The Labute approximate surface area is 347 Å². The summed E-state index contributed by atoms with van der Waals surface area (Å²) < 4.78 is 21.0. The topological polar surface area (TPSA) is 173 Å². The van der Waals surface area contributed by atoms with Crippen LogP contribution in [0.25, 0.3) is 10.4 Å². The Morgan fingerprint density at radius 1 is 1.09 bits per heavy atom. The minimum Gasteiger partial charge on any atom is -0.493 e. The predicted molar refractivity (Wildman–Crippen MR) is 221 cm³/mol. The fraction of sp³-hybridized carbons (Fsp3) is 0.548. The molecule has 4 amide bonds. The number of aromatic nitrogens is 1. The van der Waals surface area contributed by atoms with Gasteiger partial charge in [-0.2, -0.15) is 0 Å². The fourth-order valence-corrected chi connectivity index (χ4v) is 9.17. The number of benzene rings is 2. The number of β-amino-alcohol motifs (C(OH)–C–C–N with tert-alkyl or cyclic N) is 1. The number of likely N-dealkylation sites (tertiary alicyclic amines) is 2. The number of carboxylic acid groups (broad SMARTS) is 1. The molecule has 6 rings (SSSR count). The van der Waals surface area contributed by atoms with Crippen molar-refractivity contribution in [3.05, 3.63) is 65.3 Å². The van der Waals surface area contributed by atoms with Gasteiger partial charge in [-0.05, 0) is 67.7 Å². The number of nitrogens with zero attached hydrogens (tertiary/aromatic N) is 3. The van der Waals surface area contributed by atoms with Crippen molar-refractivity contribution < 1.29 is 38.5 Å². The minimum absolute atomic E-state index is 0.0319. The SMILES string of the molecule is Cc1ncsc1-c1ccc(CNC(=O)[C@@H]2C[C@@H](O)CN2C(=O)[C@@H](NC(=O)C2(F)CC2)C(C)(C)C)c(OCCC2CN(CC[C@H](CSc3ccccc3)NC(=O)O)C2)c1. The fourth-order valence-electron chi connectivity index (χ4n) is 7.37. The normalized spacial score (nSPS) is 20.1. The summed E-state index contributed by atoms with van der Waals surface area (Å²) >= 11 is 3.17. The molecule has 0 spiro atoms. The first-order valence-electron chi connectivity index (χ1n) is 19.9. The van der Waals surface area contributed by atoms with Crippen LogP contribution in [0.2, 0.25) is 0 Å². The van der Waals surface area contributed by atoms with Crippen LogP contribution in [0.5, 0.6) is 5.75 Å². The summed E-state index contributed by atoms with van der Waals surface area (Å²) in [6.07, 6.45) is -0.163. The lowest BCUT2D eigenvalue weighted by Gasteiger charge is -2.40. The molecule has 2 aliphatic heterocycles. The number of carbonyl (C=O) groups is 4. The number of aliphatic hydroxyl groups is 1. The quantitative estimate of drug-likeness (QED) is 0.107. The van der Waals surface area contributed by atoms with Gasteiger partial charge in [-0.25, -0.2) is 14.2 Å². The van der Waals surface area contributed by atoms with Crippen LogP contribution in [-0.4, -0.2) is 117 Å². The number of aliphatic hydroxyl groups excluding tert-OH is 1. The van der Waals surface area contributed by atoms with Gasteiger partial charge in [0.05, 0.1) is 28.8 Å². The van der Waals surface area contributed by atoms with Gasteiger partial charge in [-0.1, -0.05) is 51.1 Å². The van der Waals surface area contributed by atoms with E-state index in [2.05, 4.69) is 25.8 Å². The zero-order valence-corrected chi connectivity index (χ0v) is 35.2. The molecule has 5 N–H and O–H groups in total. The Kier molecular flexibility index (Phi) is 14.0. The molecule has 0 unspecified atom stereocenters. The molecular formula is C42H55FN6O7S2. The summed E-state index contributed by atoms with van der Waals surface area (Å²) in [6, 6.07) is 13.6. The first-order valence-corrected chi connectivity index (χ1v) is 21.8. The van der Waals surface area contributed by atoms with E-state index < -0.39 is 53.1 Å². The second-order valence-electron chi connectivity index (χ2n) is 16.8. The van der Waals surface area contributed by atoms with Crippen LogP contribution in [-0.2, 0) is 20.9 Å². The van der Waals surface area contributed by atoms with Crippen molar-refractivity contribution >= 4 is 46.9 Å². The van der Waals surface area contributed by atoms with Crippen molar-refractivity contribution in [2.75, 3.05) is 38.5 Å². The molecule has 13 nitrogen and oxygen atoms in total. The molecule has 0 bridgehead atoms. The van der Waals surface area contributed by atoms with E-state index in [4.69, 9.17) is 4.74 Å². The molecule has 3 fully saturated rings. The maximum Gasteiger partial charge on any atom is 0.404 e. The number of halogens is 1. The van der Waals surface area contributed by atoms with E-state index in [1.54, 1.807) is 38.0 Å². The Morgan fingerprint density at radius 2 is 1.83 bits per heavy atom. The second kappa shape index (κ2) is 18.8. The molecule has 3 aliphatic rings. The molecule has 0 radical (unpaired) electrons. The molecule has 1 aromatic heterocycles. The average Bonchev–Trinajstić information content (AvgIpc) is 3.57. The van der Waals surface area contributed by atoms with E-state index in [0.717, 1.165) is 52.6 Å². The monoisotopic (exact) mass is 838 g/mol.